The van der Waals surface area contributed by atoms with Gasteiger partial charge in [0.1, 0.15) is 6.54 Å². The Labute approximate surface area is 156 Å². The molecular formula is C22H28N2O2. The number of carbonyl (C=O) groups is 2. The zero-order chi connectivity index (χ0) is 19.3. The predicted octanol–water partition coefficient (Wildman–Crippen LogP) is 4.09. The van der Waals surface area contributed by atoms with E-state index >= 15 is 0 Å². The Balaban J connectivity index is 2.21. The highest BCUT2D eigenvalue weighted by molar-refractivity contribution is 5.97. The van der Waals surface area contributed by atoms with Crippen molar-refractivity contribution in [2.75, 3.05) is 11.4 Å². The largest absolute Gasteiger partial charge is 0.334 e. The monoisotopic (exact) mass is 352 g/mol. The Morgan fingerprint density at radius 1 is 0.962 bits per heavy atom. The smallest absolute Gasteiger partial charge is 0.243 e. The number of nitrogens with zero attached hydrogens (tertiary/aromatic N) is 2. The molecule has 2 aromatic rings. The lowest BCUT2D eigenvalue weighted by Gasteiger charge is -2.30. The predicted molar refractivity (Wildman–Crippen MR) is 106 cm³/mol. The summed E-state index contributed by atoms with van der Waals surface area (Å²) in [5.41, 5.74) is 4.11. The summed E-state index contributed by atoms with van der Waals surface area (Å²) in [7, 11) is 0. The second-order valence-electron chi connectivity index (χ2n) is 6.97. The molecule has 2 amide bonds. The minimum absolute atomic E-state index is 0.0445. The van der Waals surface area contributed by atoms with Crippen LogP contribution in [0.15, 0.2) is 48.5 Å². The van der Waals surface area contributed by atoms with E-state index in [9.17, 15) is 9.59 Å². The van der Waals surface area contributed by atoms with E-state index in [1.165, 1.54) is 6.92 Å². The highest BCUT2D eigenvalue weighted by Crippen LogP contribution is 2.20. The summed E-state index contributed by atoms with van der Waals surface area (Å²) in [4.78, 5) is 28.5. The van der Waals surface area contributed by atoms with Crippen LogP contribution < -0.4 is 4.90 Å². The average Bonchev–Trinajstić information content (AvgIpc) is 2.60. The lowest BCUT2D eigenvalue weighted by molar-refractivity contribution is -0.133. The molecule has 0 saturated heterocycles. The fraction of sp³-hybridized carbons (Fsp3) is 0.364. The van der Waals surface area contributed by atoms with Gasteiger partial charge in [-0.25, -0.2) is 0 Å². The first-order valence-corrected chi connectivity index (χ1v) is 8.98. The summed E-state index contributed by atoms with van der Waals surface area (Å²) >= 11 is 0. The number of rotatable bonds is 6. The molecule has 2 aromatic carbocycles. The van der Waals surface area contributed by atoms with Crippen LogP contribution in [0.2, 0.25) is 0 Å². The van der Waals surface area contributed by atoms with E-state index in [4.69, 9.17) is 0 Å². The highest BCUT2D eigenvalue weighted by atomic mass is 16.2. The van der Waals surface area contributed by atoms with Crippen LogP contribution in [-0.4, -0.2) is 29.3 Å². The van der Waals surface area contributed by atoms with Crippen LogP contribution in [0.1, 0.15) is 37.5 Å². The van der Waals surface area contributed by atoms with Gasteiger partial charge in [-0.2, -0.15) is 0 Å². The molecule has 0 aliphatic rings. The van der Waals surface area contributed by atoms with Crippen LogP contribution in [0.25, 0.3) is 0 Å². The molecule has 0 fully saturated rings. The fourth-order valence-corrected chi connectivity index (χ4v) is 2.84. The van der Waals surface area contributed by atoms with E-state index in [1.54, 1.807) is 4.90 Å². The summed E-state index contributed by atoms with van der Waals surface area (Å²) in [6.07, 6.45) is 0. The van der Waals surface area contributed by atoms with Crippen LogP contribution in [0, 0.1) is 13.8 Å². The van der Waals surface area contributed by atoms with Crippen molar-refractivity contribution in [3.63, 3.8) is 0 Å². The number of hydrogen-bond acceptors (Lipinski definition) is 2. The molecule has 138 valence electrons. The molecule has 0 spiro atoms. The Kier molecular flexibility index (Phi) is 6.56. The topological polar surface area (TPSA) is 40.6 Å². The van der Waals surface area contributed by atoms with Crippen molar-refractivity contribution in [1.82, 2.24) is 4.90 Å². The number of hydrogen-bond donors (Lipinski definition) is 0. The molecule has 0 aliphatic carbocycles. The van der Waals surface area contributed by atoms with Crippen LogP contribution in [0.3, 0.4) is 0 Å². The maximum Gasteiger partial charge on any atom is 0.243 e. The van der Waals surface area contributed by atoms with Gasteiger partial charge in [-0.3, -0.25) is 9.59 Å². The molecule has 0 aliphatic heterocycles. The van der Waals surface area contributed by atoms with Crippen molar-refractivity contribution in [1.29, 1.82) is 0 Å². The second kappa shape index (κ2) is 8.65. The van der Waals surface area contributed by atoms with Crippen molar-refractivity contribution in [3.8, 4) is 0 Å². The second-order valence-corrected chi connectivity index (χ2v) is 6.97. The average molecular weight is 352 g/mol. The molecule has 0 atom stereocenters. The molecule has 4 nitrogen and oxygen atoms in total. The fourth-order valence-electron chi connectivity index (χ4n) is 2.84. The molecule has 0 aromatic heterocycles. The van der Waals surface area contributed by atoms with Crippen LogP contribution in [0.5, 0.6) is 0 Å². The molecule has 0 unspecified atom stereocenters. The number of anilines is 1. The van der Waals surface area contributed by atoms with Crippen LogP contribution in [0.4, 0.5) is 5.69 Å². The summed E-state index contributed by atoms with van der Waals surface area (Å²) in [6.45, 7) is 10.1. The molecular weight excluding hydrogens is 324 g/mol. The molecule has 2 rings (SSSR count). The van der Waals surface area contributed by atoms with Gasteiger partial charge in [0.15, 0.2) is 0 Å². The Bertz CT molecular complexity index is 769. The van der Waals surface area contributed by atoms with Crippen LogP contribution in [-0.2, 0) is 16.1 Å². The van der Waals surface area contributed by atoms with Crippen LogP contribution >= 0.6 is 0 Å². The van der Waals surface area contributed by atoms with Gasteiger partial charge < -0.3 is 9.80 Å². The first kappa shape index (κ1) is 19.7. The van der Waals surface area contributed by atoms with Gasteiger partial charge in [0.05, 0.1) is 0 Å². The van der Waals surface area contributed by atoms with E-state index in [1.807, 2.05) is 81.1 Å². The van der Waals surface area contributed by atoms with Gasteiger partial charge in [0.25, 0.3) is 0 Å². The quantitative estimate of drug-likeness (QED) is 0.785. The van der Waals surface area contributed by atoms with Gasteiger partial charge in [0.2, 0.25) is 11.8 Å². The van der Waals surface area contributed by atoms with Crippen molar-refractivity contribution in [2.45, 2.75) is 47.2 Å². The minimum Gasteiger partial charge on any atom is -0.334 e. The SMILES string of the molecule is CC(=O)N(CC(=O)N(Cc1ccccc1)C(C)C)c1ccc(C)c(C)c1. The zero-order valence-corrected chi connectivity index (χ0v) is 16.3. The number of amides is 2. The van der Waals surface area contributed by atoms with E-state index in [-0.39, 0.29) is 24.4 Å². The van der Waals surface area contributed by atoms with Gasteiger partial charge in [-0.1, -0.05) is 36.4 Å². The number of benzene rings is 2. The van der Waals surface area contributed by atoms with E-state index in [0.29, 0.717) is 6.54 Å². The van der Waals surface area contributed by atoms with Crippen molar-refractivity contribution in [3.05, 3.63) is 65.2 Å². The van der Waals surface area contributed by atoms with Gasteiger partial charge in [-0.05, 0) is 56.5 Å². The van der Waals surface area contributed by atoms with Gasteiger partial charge in [0, 0.05) is 25.2 Å². The minimum atomic E-state index is -0.134. The Hall–Kier alpha value is -2.62. The van der Waals surface area contributed by atoms with E-state index in [2.05, 4.69) is 0 Å². The molecule has 0 bridgehead atoms. The summed E-state index contributed by atoms with van der Waals surface area (Å²) in [5.74, 6) is -0.192. The molecule has 26 heavy (non-hydrogen) atoms. The first-order valence-electron chi connectivity index (χ1n) is 8.98. The third-order valence-corrected chi connectivity index (χ3v) is 4.62. The first-order chi connectivity index (χ1) is 12.3. The summed E-state index contributed by atoms with van der Waals surface area (Å²) in [6, 6.07) is 15.8. The lowest BCUT2D eigenvalue weighted by Crippen LogP contribution is -2.44. The summed E-state index contributed by atoms with van der Waals surface area (Å²) in [5, 5.41) is 0. The van der Waals surface area contributed by atoms with Crippen molar-refractivity contribution >= 4 is 17.5 Å². The van der Waals surface area contributed by atoms with Gasteiger partial charge in [-0.15, -0.1) is 0 Å². The highest BCUT2D eigenvalue weighted by Gasteiger charge is 2.22. The van der Waals surface area contributed by atoms with Crippen molar-refractivity contribution in [2.24, 2.45) is 0 Å². The Morgan fingerprint density at radius 3 is 2.15 bits per heavy atom. The third-order valence-electron chi connectivity index (χ3n) is 4.62. The van der Waals surface area contributed by atoms with E-state index in [0.717, 1.165) is 22.4 Å². The maximum absolute atomic E-state index is 13.0. The van der Waals surface area contributed by atoms with Gasteiger partial charge >= 0.3 is 0 Å². The molecule has 0 radical (unpaired) electrons. The summed E-state index contributed by atoms with van der Waals surface area (Å²) < 4.78 is 0. The number of aryl methyl sites for hydroxylation is 2. The molecule has 0 saturated carbocycles. The Morgan fingerprint density at radius 2 is 1.62 bits per heavy atom. The maximum atomic E-state index is 13.0. The standard InChI is InChI=1S/C22H28N2O2/c1-16(2)23(14-20-9-7-6-8-10-20)22(26)15-24(19(5)25)21-12-11-17(3)18(4)13-21/h6-13,16H,14-15H2,1-5H3. The molecule has 4 heteroatoms. The molecule has 0 heterocycles. The molecule has 0 N–H and O–H groups in total. The van der Waals surface area contributed by atoms with Crippen molar-refractivity contribution < 1.29 is 9.59 Å². The van der Waals surface area contributed by atoms with E-state index < -0.39 is 0 Å². The normalized spacial score (nSPS) is 10.7. The number of carbonyl (C=O) groups excluding carboxylic acids is 2. The third kappa shape index (κ3) is 4.94. The zero-order valence-electron chi connectivity index (χ0n) is 16.3. The lowest BCUT2D eigenvalue weighted by atomic mass is 10.1.